The van der Waals surface area contributed by atoms with Crippen LogP contribution < -0.4 is 0 Å². The predicted molar refractivity (Wildman–Crippen MR) is 122 cm³/mol. The highest BCUT2D eigenvalue weighted by molar-refractivity contribution is 6.33. The highest BCUT2D eigenvalue weighted by Crippen LogP contribution is 2.31. The summed E-state index contributed by atoms with van der Waals surface area (Å²) in [6.45, 7) is 8.49. The molecule has 0 aliphatic rings. The van der Waals surface area contributed by atoms with Gasteiger partial charge < -0.3 is 4.42 Å². The van der Waals surface area contributed by atoms with E-state index in [0.717, 1.165) is 27.8 Å². The molecule has 0 atom stereocenters. The van der Waals surface area contributed by atoms with Gasteiger partial charge in [0.05, 0.1) is 10.6 Å². The molecule has 0 aliphatic heterocycles. The monoisotopic (exact) mass is 417 g/mol. The molecule has 1 heterocycles. The summed E-state index contributed by atoms with van der Waals surface area (Å²) in [4.78, 5) is 17.4. The van der Waals surface area contributed by atoms with Gasteiger partial charge in [0.2, 0.25) is 5.89 Å². The average molecular weight is 418 g/mol. The van der Waals surface area contributed by atoms with Gasteiger partial charge in [0, 0.05) is 12.0 Å². The van der Waals surface area contributed by atoms with Crippen molar-refractivity contribution in [3.05, 3.63) is 87.9 Å². The number of hydrogen-bond acceptors (Lipinski definition) is 3. The molecule has 4 heteroatoms. The highest BCUT2D eigenvalue weighted by Gasteiger charge is 2.16. The first-order chi connectivity index (χ1) is 14.2. The lowest BCUT2D eigenvalue weighted by molar-refractivity contribution is 0.0993. The van der Waals surface area contributed by atoms with E-state index in [4.69, 9.17) is 16.0 Å². The zero-order valence-electron chi connectivity index (χ0n) is 17.6. The molecule has 4 rings (SSSR count). The normalized spacial score (nSPS) is 11.8. The predicted octanol–water partition coefficient (Wildman–Crippen LogP) is 7.18. The first-order valence-electron chi connectivity index (χ1n) is 10.0. The number of rotatable bonds is 4. The van der Waals surface area contributed by atoms with Crippen molar-refractivity contribution < 1.29 is 9.21 Å². The molecule has 0 saturated carbocycles. The maximum absolute atomic E-state index is 12.8. The number of benzene rings is 3. The molecule has 30 heavy (non-hydrogen) atoms. The molecular formula is C26H24ClNO2. The van der Waals surface area contributed by atoms with Crippen molar-refractivity contribution >= 4 is 28.5 Å². The first kappa shape index (κ1) is 20.4. The van der Waals surface area contributed by atoms with E-state index in [1.807, 2.05) is 67.6 Å². The van der Waals surface area contributed by atoms with Gasteiger partial charge in [-0.3, -0.25) is 4.79 Å². The number of carbonyl (C=O) groups is 1. The van der Waals surface area contributed by atoms with E-state index in [0.29, 0.717) is 22.9 Å². The first-order valence-corrected chi connectivity index (χ1v) is 10.4. The van der Waals surface area contributed by atoms with Crippen molar-refractivity contribution in [1.82, 2.24) is 4.98 Å². The van der Waals surface area contributed by atoms with Gasteiger partial charge in [0.25, 0.3) is 0 Å². The van der Waals surface area contributed by atoms with Crippen molar-refractivity contribution in [3.63, 3.8) is 0 Å². The summed E-state index contributed by atoms with van der Waals surface area (Å²) in [5.41, 5.74) is 6.15. The van der Waals surface area contributed by atoms with Gasteiger partial charge in [-0.05, 0) is 47.7 Å². The van der Waals surface area contributed by atoms with Crippen molar-refractivity contribution in [2.24, 2.45) is 0 Å². The largest absolute Gasteiger partial charge is 0.436 e. The minimum atomic E-state index is 0.0669. The molecule has 0 N–H and O–H groups in total. The maximum Gasteiger partial charge on any atom is 0.228 e. The molecule has 0 amide bonds. The van der Waals surface area contributed by atoms with E-state index in [1.54, 1.807) is 0 Å². The summed E-state index contributed by atoms with van der Waals surface area (Å²) in [7, 11) is 0. The van der Waals surface area contributed by atoms with Gasteiger partial charge in [-0.1, -0.05) is 74.3 Å². The molecule has 0 unspecified atom stereocenters. The Morgan fingerprint density at radius 2 is 1.73 bits per heavy atom. The second-order valence-electron chi connectivity index (χ2n) is 8.73. The Hall–Kier alpha value is -2.91. The molecule has 0 saturated heterocycles. The summed E-state index contributed by atoms with van der Waals surface area (Å²) in [5.74, 6) is 0.570. The quantitative estimate of drug-likeness (QED) is 0.330. The van der Waals surface area contributed by atoms with Gasteiger partial charge in [-0.2, -0.15) is 0 Å². The Morgan fingerprint density at radius 1 is 1.00 bits per heavy atom. The van der Waals surface area contributed by atoms with Crippen LogP contribution in [0, 0.1) is 6.92 Å². The SMILES string of the molecule is Cc1ccc(Cl)c(-c2nc3cc(CC(=O)c4ccc(C(C)(C)C)cc4)ccc3o2)c1. The van der Waals surface area contributed by atoms with Gasteiger partial charge in [0.1, 0.15) is 5.52 Å². The lowest BCUT2D eigenvalue weighted by Gasteiger charge is -2.19. The van der Waals surface area contributed by atoms with Gasteiger partial charge in [0.15, 0.2) is 11.4 Å². The third-order valence-corrected chi connectivity index (χ3v) is 5.57. The molecule has 1 aromatic heterocycles. The molecule has 3 aromatic carbocycles. The third-order valence-electron chi connectivity index (χ3n) is 5.24. The number of nitrogens with zero attached hydrogens (tertiary/aromatic N) is 1. The van der Waals surface area contributed by atoms with E-state index in [1.165, 1.54) is 5.56 Å². The van der Waals surface area contributed by atoms with Crippen LogP contribution in [0.5, 0.6) is 0 Å². The topological polar surface area (TPSA) is 43.1 Å². The summed E-state index contributed by atoms with van der Waals surface area (Å²) in [6.07, 6.45) is 0.318. The van der Waals surface area contributed by atoms with Crippen LogP contribution in [0.15, 0.2) is 65.1 Å². The summed E-state index contributed by atoms with van der Waals surface area (Å²) in [6, 6.07) is 19.3. The van der Waals surface area contributed by atoms with Crippen LogP contribution in [0.25, 0.3) is 22.6 Å². The maximum atomic E-state index is 12.8. The number of aryl methyl sites for hydroxylation is 1. The van der Waals surface area contributed by atoms with E-state index in [2.05, 4.69) is 25.8 Å². The zero-order chi connectivity index (χ0) is 21.5. The molecular weight excluding hydrogens is 394 g/mol. The number of Topliss-reactive ketones (excluding diaryl/α,β-unsaturated/α-hetero) is 1. The Bertz CT molecular complexity index is 1230. The fourth-order valence-electron chi connectivity index (χ4n) is 3.44. The number of hydrogen-bond donors (Lipinski definition) is 0. The molecule has 0 aliphatic carbocycles. The van der Waals surface area contributed by atoms with Crippen molar-refractivity contribution in [1.29, 1.82) is 0 Å². The van der Waals surface area contributed by atoms with Crippen LogP contribution in [0.1, 0.15) is 47.8 Å². The van der Waals surface area contributed by atoms with Crippen LogP contribution in [-0.2, 0) is 11.8 Å². The summed E-state index contributed by atoms with van der Waals surface area (Å²) in [5, 5.41) is 0.598. The fraction of sp³-hybridized carbons (Fsp3) is 0.231. The molecule has 152 valence electrons. The minimum Gasteiger partial charge on any atom is -0.436 e. The van der Waals surface area contributed by atoms with E-state index >= 15 is 0 Å². The van der Waals surface area contributed by atoms with Gasteiger partial charge in [-0.15, -0.1) is 0 Å². The minimum absolute atomic E-state index is 0.0669. The number of fused-ring (bicyclic) bond motifs is 1. The second-order valence-corrected chi connectivity index (χ2v) is 9.14. The van der Waals surface area contributed by atoms with Gasteiger partial charge >= 0.3 is 0 Å². The fourth-order valence-corrected chi connectivity index (χ4v) is 3.64. The number of aromatic nitrogens is 1. The smallest absolute Gasteiger partial charge is 0.228 e. The summed E-state index contributed by atoms with van der Waals surface area (Å²) < 4.78 is 5.90. The lowest BCUT2D eigenvalue weighted by atomic mass is 9.86. The van der Waals surface area contributed by atoms with Crippen LogP contribution in [0.2, 0.25) is 5.02 Å². The van der Waals surface area contributed by atoms with Crippen LogP contribution in [0.3, 0.4) is 0 Å². The van der Waals surface area contributed by atoms with E-state index in [-0.39, 0.29) is 11.2 Å². The zero-order valence-corrected chi connectivity index (χ0v) is 18.4. The Kier molecular flexibility index (Phi) is 5.25. The highest BCUT2D eigenvalue weighted by atomic mass is 35.5. The Morgan fingerprint density at radius 3 is 2.43 bits per heavy atom. The number of ketones is 1. The standard InChI is InChI=1S/C26H24ClNO2/c1-16-5-11-21(27)20(13-16)25-28-22-14-17(6-12-24(22)30-25)15-23(29)18-7-9-19(10-8-18)26(2,3)4/h5-14H,15H2,1-4H3. The second kappa shape index (κ2) is 7.73. The number of halogens is 1. The van der Waals surface area contributed by atoms with Crippen LogP contribution in [0.4, 0.5) is 0 Å². The van der Waals surface area contributed by atoms with E-state index in [9.17, 15) is 4.79 Å². The van der Waals surface area contributed by atoms with Crippen molar-refractivity contribution in [3.8, 4) is 11.5 Å². The molecule has 4 aromatic rings. The van der Waals surface area contributed by atoms with Gasteiger partial charge in [-0.25, -0.2) is 4.98 Å². The summed E-state index contributed by atoms with van der Waals surface area (Å²) >= 11 is 6.32. The Labute approximate surface area is 181 Å². The molecule has 3 nitrogen and oxygen atoms in total. The molecule has 0 spiro atoms. The van der Waals surface area contributed by atoms with Crippen LogP contribution >= 0.6 is 11.6 Å². The molecule has 0 fully saturated rings. The average Bonchev–Trinajstić information content (AvgIpc) is 3.12. The Balaban J connectivity index is 1.58. The van der Waals surface area contributed by atoms with Crippen molar-refractivity contribution in [2.75, 3.05) is 0 Å². The van der Waals surface area contributed by atoms with Crippen molar-refractivity contribution in [2.45, 2.75) is 39.5 Å². The van der Waals surface area contributed by atoms with Crippen LogP contribution in [-0.4, -0.2) is 10.8 Å². The molecule has 0 bridgehead atoms. The number of oxazole rings is 1. The lowest BCUT2D eigenvalue weighted by Crippen LogP contribution is -2.11. The third kappa shape index (κ3) is 4.17. The molecule has 0 radical (unpaired) electrons. The van der Waals surface area contributed by atoms with E-state index < -0.39 is 0 Å². The number of carbonyl (C=O) groups excluding carboxylic acids is 1.